The van der Waals surface area contributed by atoms with Crippen LogP contribution in [0.3, 0.4) is 0 Å². The van der Waals surface area contributed by atoms with Crippen molar-refractivity contribution in [1.82, 2.24) is 0 Å². The van der Waals surface area contributed by atoms with Crippen molar-refractivity contribution in [1.29, 1.82) is 0 Å². The van der Waals surface area contributed by atoms with E-state index in [0.29, 0.717) is 5.69 Å². The molecular weight excluding hydrogens is 356 g/mol. The van der Waals surface area contributed by atoms with Crippen LogP contribution in [-0.2, 0) is 0 Å². The van der Waals surface area contributed by atoms with E-state index in [2.05, 4.69) is 55.4 Å². The molecule has 1 aliphatic heterocycles. The quantitative estimate of drug-likeness (QED) is 0.463. The highest BCUT2D eigenvalue weighted by Crippen LogP contribution is 2.40. The highest BCUT2D eigenvalue weighted by Gasteiger charge is 2.29. The monoisotopic (exact) mass is 380 g/mol. The number of likely N-dealkylation sites (N-methyl/N-ethyl adjacent to an activating group) is 1. The van der Waals surface area contributed by atoms with Crippen LogP contribution in [0, 0.1) is 10.1 Å². The zero-order chi connectivity index (χ0) is 20.5. The van der Waals surface area contributed by atoms with Crippen molar-refractivity contribution in [2.45, 2.75) is 26.3 Å². The Bertz CT molecular complexity index is 962. The van der Waals surface area contributed by atoms with Crippen LogP contribution in [0.5, 0.6) is 5.75 Å². The average molecular weight is 380 g/mol. The number of nitrogens with one attached hydrogen (secondary N) is 1. The summed E-state index contributed by atoms with van der Waals surface area (Å²) in [6.07, 6.45) is 3.94. The Morgan fingerprint density at radius 2 is 1.93 bits per heavy atom. The van der Waals surface area contributed by atoms with E-state index in [1.54, 1.807) is 25.5 Å². The van der Waals surface area contributed by atoms with Crippen LogP contribution in [0.4, 0.5) is 17.1 Å². The molecule has 0 saturated carbocycles. The predicted molar refractivity (Wildman–Crippen MR) is 113 cm³/mol. The van der Waals surface area contributed by atoms with Crippen LogP contribution < -0.4 is 15.1 Å². The third kappa shape index (κ3) is 3.69. The molecule has 2 aromatic carbocycles. The lowest BCUT2D eigenvalue weighted by molar-refractivity contribution is -0.384. The number of nitro benzene ring substituents is 1. The molecule has 1 aliphatic rings. The van der Waals surface area contributed by atoms with Gasteiger partial charge in [0.1, 0.15) is 5.75 Å². The second-order valence-corrected chi connectivity index (χ2v) is 7.33. The molecule has 7 heteroatoms. The molecule has 0 bridgehead atoms. The van der Waals surface area contributed by atoms with Crippen LogP contribution in [0.25, 0.3) is 5.57 Å². The summed E-state index contributed by atoms with van der Waals surface area (Å²) in [6.45, 7) is 6.46. The molecule has 146 valence electrons. The fraction of sp³-hybridized carbons (Fsp3) is 0.286. The maximum absolute atomic E-state index is 10.7. The molecule has 1 N–H and O–H groups in total. The van der Waals surface area contributed by atoms with Crippen molar-refractivity contribution in [3.05, 3.63) is 63.7 Å². The summed E-state index contributed by atoms with van der Waals surface area (Å²) in [5, 5.41) is 15.0. The Morgan fingerprint density at radius 3 is 2.54 bits per heavy atom. The average Bonchev–Trinajstić information content (AvgIpc) is 2.66. The van der Waals surface area contributed by atoms with Crippen molar-refractivity contribution in [3.63, 3.8) is 0 Å². The SMILES string of the molecule is COc1cc2c(cc1/C=N\Nc1ccc([N+](=O)[O-])cc1)C(C)=CC(C)(C)N2C. The molecule has 0 amide bonds. The Hall–Kier alpha value is -3.35. The lowest BCUT2D eigenvalue weighted by Gasteiger charge is -2.40. The Labute approximate surface area is 164 Å². The zero-order valence-corrected chi connectivity index (χ0v) is 16.7. The number of ether oxygens (including phenoxy) is 1. The second kappa shape index (κ2) is 7.34. The van der Waals surface area contributed by atoms with Crippen LogP contribution in [-0.4, -0.2) is 30.8 Å². The first-order valence-electron chi connectivity index (χ1n) is 8.92. The Kier molecular flexibility index (Phi) is 5.09. The largest absolute Gasteiger partial charge is 0.496 e. The number of non-ortho nitro benzene ring substituents is 1. The van der Waals surface area contributed by atoms with Gasteiger partial charge in [-0.05, 0) is 44.5 Å². The summed E-state index contributed by atoms with van der Waals surface area (Å²) in [5.74, 6) is 0.727. The molecule has 28 heavy (non-hydrogen) atoms. The molecule has 2 aromatic rings. The molecule has 0 aromatic heterocycles. The first-order chi connectivity index (χ1) is 13.2. The van der Waals surface area contributed by atoms with Gasteiger partial charge in [0.05, 0.1) is 29.5 Å². The highest BCUT2D eigenvalue weighted by atomic mass is 16.6. The molecule has 0 fully saturated rings. The van der Waals surface area contributed by atoms with E-state index in [9.17, 15) is 10.1 Å². The van der Waals surface area contributed by atoms with E-state index in [1.165, 1.54) is 17.7 Å². The molecule has 0 spiro atoms. The minimum absolute atomic E-state index is 0.0418. The predicted octanol–water partition coefficient (Wildman–Crippen LogP) is 4.68. The molecular formula is C21H24N4O3. The van der Waals surface area contributed by atoms with Crippen LogP contribution in [0.2, 0.25) is 0 Å². The van der Waals surface area contributed by atoms with Crippen molar-refractivity contribution >= 4 is 28.8 Å². The summed E-state index contributed by atoms with van der Waals surface area (Å²) in [6, 6.07) is 10.2. The van der Waals surface area contributed by atoms with E-state index in [4.69, 9.17) is 4.74 Å². The van der Waals surface area contributed by atoms with Gasteiger partial charge in [-0.3, -0.25) is 15.5 Å². The summed E-state index contributed by atoms with van der Waals surface area (Å²) in [7, 11) is 3.71. The fourth-order valence-corrected chi connectivity index (χ4v) is 3.31. The summed E-state index contributed by atoms with van der Waals surface area (Å²) < 4.78 is 5.57. The highest BCUT2D eigenvalue weighted by molar-refractivity contribution is 5.91. The van der Waals surface area contributed by atoms with E-state index in [1.807, 2.05) is 6.07 Å². The zero-order valence-electron chi connectivity index (χ0n) is 16.7. The van der Waals surface area contributed by atoms with Crippen LogP contribution in [0.15, 0.2) is 47.6 Å². The van der Waals surface area contributed by atoms with Gasteiger partial charge >= 0.3 is 0 Å². The Balaban J connectivity index is 1.87. The minimum atomic E-state index is -0.431. The first-order valence-corrected chi connectivity index (χ1v) is 8.92. The van der Waals surface area contributed by atoms with Gasteiger partial charge in [0.2, 0.25) is 0 Å². The maximum atomic E-state index is 10.7. The lowest BCUT2D eigenvalue weighted by Crippen LogP contribution is -2.42. The van der Waals surface area contributed by atoms with Gasteiger partial charge in [-0.15, -0.1) is 0 Å². The van der Waals surface area contributed by atoms with Crippen molar-refractivity contribution < 1.29 is 9.66 Å². The number of nitrogens with zero attached hydrogens (tertiary/aromatic N) is 3. The smallest absolute Gasteiger partial charge is 0.269 e. The van der Waals surface area contributed by atoms with Crippen LogP contribution >= 0.6 is 0 Å². The van der Waals surface area contributed by atoms with Gasteiger partial charge in [0.15, 0.2) is 0 Å². The molecule has 7 nitrogen and oxygen atoms in total. The molecule has 3 rings (SSSR count). The fourth-order valence-electron chi connectivity index (χ4n) is 3.31. The van der Waals surface area contributed by atoms with E-state index in [-0.39, 0.29) is 11.2 Å². The van der Waals surface area contributed by atoms with Crippen LogP contribution in [0.1, 0.15) is 31.9 Å². The Morgan fingerprint density at radius 1 is 1.25 bits per heavy atom. The summed E-state index contributed by atoms with van der Waals surface area (Å²) in [4.78, 5) is 12.5. The van der Waals surface area contributed by atoms with Gasteiger partial charge in [-0.1, -0.05) is 6.08 Å². The number of benzene rings is 2. The molecule has 0 atom stereocenters. The van der Waals surface area contributed by atoms with Gasteiger partial charge in [-0.2, -0.15) is 5.10 Å². The number of rotatable bonds is 5. The number of hydrazone groups is 1. The molecule has 0 unspecified atom stereocenters. The third-order valence-corrected chi connectivity index (χ3v) is 5.04. The molecule has 0 radical (unpaired) electrons. The molecule has 0 saturated heterocycles. The van der Waals surface area contributed by atoms with Gasteiger partial charge in [0.25, 0.3) is 5.69 Å². The number of hydrogen-bond acceptors (Lipinski definition) is 6. The van der Waals surface area contributed by atoms with Crippen molar-refractivity contribution in [2.24, 2.45) is 5.10 Å². The summed E-state index contributed by atoms with van der Waals surface area (Å²) in [5.41, 5.74) is 7.82. The number of methoxy groups -OCH3 is 1. The second-order valence-electron chi connectivity index (χ2n) is 7.33. The minimum Gasteiger partial charge on any atom is -0.496 e. The van der Waals surface area contributed by atoms with Gasteiger partial charge < -0.3 is 9.64 Å². The normalized spacial score (nSPS) is 15.2. The first kappa shape index (κ1) is 19.4. The number of nitro groups is 1. The van der Waals surface area contributed by atoms with E-state index >= 15 is 0 Å². The number of fused-ring (bicyclic) bond motifs is 1. The van der Waals surface area contributed by atoms with E-state index in [0.717, 1.165) is 22.6 Å². The lowest BCUT2D eigenvalue weighted by atomic mass is 9.88. The standard InChI is InChI=1S/C21H24N4O3/c1-14-12-21(2,3)24(4)19-11-20(28-5)15(10-18(14)19)13-22-23-16-6-8-17(9-7-16)25(26)27/h6-13,23H,1-5H3/b22-13-. The number of anilines is 2. The third-order valence-electron chi connectivity index (χ3n) is 5.04. The number of hydrogen-bond donors (Lipinski definition) is 1. The van der Waals surface area contributed by atoms with Crippen molar-refractivity contribution in [2.75, 3.05) is 24.5 Å². The number of allylic oxidation sites excluding steroid dienone is 1. The topological polar surface area (TPSA) is 80.0 Å². The molecule has 0 aliphatic carbocycles. The maximum Gasteiger partial charge on any atom is 0.269 e. The van der Waals surface area contributed by atoms with Crippen molar-refractivity contribution in [3.8, 4) is 5.75 Å². The van der Waals surface area contributed by atoms with Gasteiger partial charge in [-0.25, -0.2) is 0 Å². The summed E-state index contributed by atoms with van der Waals surface area (Å²) >= 11 is 0. The van der Waals surface area contributed by atoms with E-state index < -0.39 is 4.92 Å². The molecule has 1 heterocycles. The van der Waals surface area contributed by atoms with Gasteiger partial charge in [0, 0.05) is 42.1 Å².